The van der Waals surface area contributed by atoms with Crippen LogP contribution in [-0.2, 0) is 14.3 Å². The lowest BCUT2D eigenvalue weighted by molar-refractivity contribution is -0.140. The van der Waals surface area contributed by atoms with Crippen LogP contribution < -0.4 is 4.74 Å². The van der Waals surface area contributed by atoms with E-state index < -0.39 is 23.5 Å². The summed E-state index contributed by atoms with van der Waals surface area (Å²) in [5.74, 6) is -1.72. The SMILES string of the molecule is COCCCN1C(=O)C(=O)/C(=C(/O)c2cc(C(C)C)c(OC)cc2C)C1c1ccccc1F. The van der Waals surface area contributed by atoms with Crippen LogP contribution in [0.2, 0.25) is 0 Å². The van der Waals surface area contributed by atoms with Gasteiger partial charge in [-0.25, -0.2) is 4.39 Å². The topological polar surface area (TPSA) is 76.1 Å². The third-order valence-corrected chi connectivity index (χ3v) is 5.94. The number of rotatable bonds is 8. The van der Waals surface area contributed by atoms with Gasteiger partial charge in [-0.3, -0.25) is 9.59 Å². The number of hydrogen-bond donors (Lipinski definition) is 1. The molecule has 176 valence electrons. The highest BCUT2D eigenvalue weighted by atomic mass is 19.1. The molecule has 0 bridgehead atoms. The maximum Gasteiger partial charge on any atom is 0.295 e. The first kappa shape index (κ1) is 24.5. The quantitative estimate of drug-likeness (QED) is 0.270. The summed E-state index contributed by atoms with van der Waals surface area (Å²) in [6.45, 7) is 6.33. The monoisotopic (exact) mass is 455 g/mol. The maximum absolute atomic E-state index is 14.8. The van der Waals surface area contributed by atoms with E-state index in [1.54, 1.807) is 45.4 Å². The summed E-state index contributed by atoms with van der Waals surface area (Å²) < 4.78 is 25.4. The Morgan fingerprint density at radius 1 is 1.18 bits per heavy atom. The van der Waals surface area contributed by atoms with Crippen LogP contribution in [0.25, 0.3) is 5.76 Å². The molecule has 1 unspecified atom stereocenters. The third kappa shape index (κ3) is 4.64. The smallest absolute Gasteiger partial charge is 0.295 e. The van der Waals surface area contributed by atoms with Crippen molar-refractivity contribution in [2.75, 3.05) is 27.4 Å². The molecule has 33 heavy (non-hydrogen) atoms. The number of methoxy groups -OCH3 is 2. The molecule has 6 nitrogen and oxygen atoms in total. The predicted octanol–water partition coefficient (Wildman–Crippen LogP) is 4.72. The normalized spacial score (nSPS) is 17.8. The van der Waals surface area contributed by atoms with Gasteiger partial charge in [0.15, 0.2) is 0 Å². The molecule has 0 aliphatic carbocycles. The number of benzene rings is 2. The predicted molar refractivity (Wildman–Crippen MR) is 124 cm³/mol. The van der Waals surface area contributed by atoms with Crippen molar-refractivity contribution in [2.45, 2.75) is 39.2 Å². The molecule has 1 saturated heterocycles. The lowest BCUT2D eigenvalue weighted by Gasteiger charge is -2.26. The van der Waals surface area contributed by atoms with Crippen LogP contribution in [0.15, 0.2) is 42.0 Å². The van der Waals surface area contributed by atoms with E-state index in [-0.39, 0.29) is 29.4 Å². The van der Waals surface area contributed by atoms with Gasteiger partial charge in [-0.2, -0.15) is 0 Å². The zero-order valence-electron chi connectivity index (χ0n) is 19.6. The molecule has 1 N–H and O–H groups in total. The van der Waals surface area contributed by atoms with Crippen molar-refractivity contribution in [1.29, 1.82) is 0 Å². The minimum absolute atomic E-state index is 0.0888. The van der Waals surface area contributed by atoms with Gasteiger partial charge in [-0.15, -0.1) is 0 Å². The highest BCUT2D eigenvalue weighted by molar-refractivity contribution is 6.46. The zero-order valence-corrected chi connectivity index (χ0v) is 19.6. The summed E-state index contributed by atoms with van der Waals surface area (Å²) in [5.41, 5.74) is 1.97. The standard InChI is InChI=1S/C26H30FNO5/c1-15(2)18-14-19(16(3)13-21(18)33-5)24(29)22-23(17-9-6-7-10-20(17)27)28(11-8-12-32-4)26(31)25(22)30/h6-7,9-10,13-15,23,29H,8,11-12H2,1-5H3/b24-22+. The van der Waals surface area contributed by atoms with E-state index in [2.05, 4.69) is 0 Å². The molecule has 1 aliphatic rings. The van der Waals surface area contributed by atoms with E-state index in [1.807, 2.05) is 13.8 Å². The molecular formula is C26H30FNO5. The van der Waals surface area contributed by atoms with Gasteiger partial charge in [0.25, 0.3) is 11.7 Å². The van der Waals surface area contributed by atoms with Crippen molar-refractivity contribution >= 4 is 17.4 Å². The lowest BCUT2D eigenvalue weighted by Crippen LogP contribution is -2.31. The highest BCUT2D eigenvalue weighted by Gasteiger charge is 2.46. The van der Waals surface area contributed by atoms with Crippen molar-refractivity contribution < 1.29 is 28.6 Å². The second kappa shape index (κ2) is 10.2. The van der Waals surface area contributed by atoms with E-state index in [0.717, 1.165) is 5.56 Å². The summed E-state index contributed by atoms with van der Waals surface area (Å²) in [6.07, 6.45) is 0.466. The number of ketones is 1. The summed E-state index contributed by atoms with van der Waals surface area (Å²) in [4.78, 5) is 27.4. The van der Waals surface area contributed by atoms with Gasteiger partial charge in [0.1, 0.15) is 17.3 Å². The maximum atomic E-state index is 14.8. The highest BCUT2D eigenvalue weighted by Crippen LogP contribution is 2.42. The Balaban J connectivity index is 2.23. The van der Waals surface area contributed by atoms with E-state index in [0.29, 0.717) is 29.9 Å². The molecule has 2 aromatic carbocycles. The minimum Gasteiger partial charge on any atom is -0.507 e. The van der Waals surface area contributed by atoms with Crippen LogP contribution >= 0.6 is 0 Å². The number of Topliss-reactive ketones (excluding diaryl/α,β-unsaturated/α-hetero) is 1. The molecule has 1 heterocycles. The Bertz CT molecular complexity index is 1090. The molecule has 0 aromatic heterocycles. The lowest BCUT2D eigenvalue weighted by atomic mass is 9.91. The zero-order chi connectivity index (χ0) is 24.3. The van der Waals surface area contributed by atoms with Crippen LogP contribution in [0, 0.1) is 12.7 Å². The molecular weight excluding hydrogens is 425 g/mol. The van der Waals surface area contributed by atoms with Crippen LogP contribution in [0.5, 0.6) is 5.75 Å². The third-order valence-electron chi connectivity index (χ3n) is 5.94. The van der Waals surface area contributed by atoms with Gasteiger partial charge in [0, 0.05) is 31.4 Å². The van der Waals surface area contributed by atoms with Crippen LogP contribution in [0.3, 0.4) is 0 Å². The summed E-state index contributed by atoms with van der Waals surface area (Å²) in [6, 6.07) is 8.51. The molecule has 1 aliphatic heterocycles. The van der Waals surface area contributed by atoms with Gasteiger partial charge in [0.2, 0.25) is 0 Å². The van der Waals surface area contributed by atoms with Gasteiger partial charge < -0.3 is 19.5 Å². The first-order valence-corrected chi connectivity index (χ1v) is 10.9. The number of amides is 1. The number of ether oxygens (including phenoxy) is 2. The van der Waals surface area contributed by atoms with E-state index in [9.17, 15) is 19.1 Å². The molecule has 0 radical (unpaired) electrons. The van der Waals surface area contributed by atoms with Crippen molar-refractivity contribution in [3.05, 3.63) is 70.0 Å². The largest absolute Gasteiger partial charge is 0.507 e. The number of carbonyl (C=O) groups is 2. The number of aliphatic hydroxyl groups is 1. The molecule has 0 saturated carbocycles. The van der Waals surface area contributed by atoms with Crippen LogP contribution in [0.4, 0.5) is 4.39 Å². The fourth-order valence-electron chi connectivity index (χ4n) is 4.24. The molecule has 1 fully saturated rings. The Morgan fingerprint density at radius 2 is 1.88 bits per heavy atom. The first-order chi connectivity index (χ1) is 15.7. The number of nitrogens with zero attached hydrogens (tertiary/aromatic N) is 1. The number of aryl methyl sites for hydroxylation is 1. The van der Waals surface area contributed by atoms with Gasteiger partial charge in [0.05, 0.1) is 18.7 Å². The number of likely N-dealkylation sites (tertiary alicyclic amines) is 1. The average molecular weight is 456 g/mol. The van der Waals surface area contributed by atoms with Crippen molar-refractivity contribution in [3.63, 3.8) is 0 Å². The molecule has 1 atom stereocenters. The Morgan fingerprint density at radius 3 is 2.48 bits per heavy atom. The summed E-state index contributed by atoms with van der Waals surface area (Å²) >= 11 is 0. The Hall–Kier alpha value is -3.19. The Labute approximate surface area is 193 Å². The van der Waals surface area contributed by atoms with E-state index in [4.69, 9.17) is 9.47 Å². The number of hydrogen-bond acceptors (Lipinski definition) is 5. The molecule has 0 spiro atoms. The second-order valence-corrected chi connectivity index (χ2v) is 8.42. The first-order valence-electron chi connectivity index (χ1n) is 10.9. The van der Waals surface area contributed by atoms with E-state index >= 15 is 0 Å². The Kier molecular flexibility index (Phi) is 7.53. The summed E-state index contributed by atoms with van der Waals surface area (Å²) in [7, 11) is 3.12. The molecule has 2 aromatic rings. The van der Waals surface area contributed by atoms with Crippen molar-refractivity contribution in [3.8, 4) is 5.75 Å². The van der Waals surface area contributed by atoms with Gasteiger partial charge in [-0.1, -0.05) is 32.0 Å². The summed E-state index contributed by atoms with van der Waals surface area (Å²) in [5, 5.41) is 11.4. The van der Waals surface area contributed by atoms with Crippen molar-refractivity contribution in [1.82, 2.24) is 4.90 Å². The number of aliphatic hydroxyl groups excluding tert-OH is 1. The fraction of sp³-hybridized carbons (Fsp3) is 0.385. The number of halogens is 1. The van der Waals surface area contributed by atoms with Gasteiger partial charge >= 0.3 is 0 Å². The fourth-order valence-corrected chi connectivity index (χ4v) is 4.24. The molecule has 3 rings (SSSR count). The van der Waals surface area contributed by atoms with Crippen molar-refractivity contribution in [2.24, 2.45) is 0 Å². The second-order valence-electron chi connectivity index (χ2n) is 8.42. The minimum atomic E-state index is -1.04. The molecule has 1 amide bonds. The van der Waals surface area contributed by atoms with Gasteiger partial charge in [-0.05, 0) is 48.6 Å². The van der Waals surface area contributed by atoms with Crippen LogP contribution in [-0.4, -0.2) is 49.1 Å². The van der Waals surface area contributed by atoms with E-state index in [1.165, 1.54) is 17.0 Å². The average Bonchev–Trinajstić information content (AvgIpc) is 3.03. The van der Waals surface area contributed by atoms with Crippen LogP contribution in [0.1, 0.15) is 54.5 Å². The molecule has 7 heteroatoms. The number of carbonyl (C=O) groups excluding carboxylic acids is 2.